The molecule has 0 saturated heterocycles. The molecule has 0 bridgehead atoms. The number of amides is 1. The molecule has 0 aliphatic rings. The van der Waals surface area contributed by atoms with E-state index in [2.05, 4.69) is 10.2 Å². The van der Waals surface area contributed by atoms with Crippen molar-refractivity contribution in [3.8, 4) is 0 Å². The molecule has 15 heavy (non-hydrogen) atoms. The average molecular weight is 212 g/mol. The largest absolute Gasteiger partial charge is 0.395 e. The molecule has 1 amide bonds. The Kier molecular flexibility index (Phi) is 4.11. The number of aliphatic hydroxyl groups is 1. The number of nitrogens with two attached hydrogens (primary N) is 1. The van der Waals surface area contributed by atoms with E-state index in [0.29, 0.717) is 24.6 Å². The normalized spacial score (nSPS) is 10.3. The third-order valence-corrected chi connectivity index (χ3v) is 1.98. The van der Waals surface area contributed by atoms with Crippen LogP contribution in [0, 0.1) is 0 Å². The van der Waals surface area contributed by atoms with E-state index in [1.54, 1.807) is 4.90 Å². The van der Waals surface area contributed by atoms with Gasteiger partial charge in [-0.2, -0.15) is 5.10 Å². The van der Waals surface area contributed by atoms with Crippen molar-refractivity contribution < 1.29 is 9.90 Å². The van der Waals surface area contributed by atoms with Crippen molar-refractivity contribution in [1.82, 2.24) is 15.1 Å². The third kappa shape index (κ3) is 2.95. The summed E-state index contributed by atoms with van der Waals surface area (Å²) >= 11 is 0. The molecule has 1 aromatic heterocycles. The predicted molar refractivity (Wildman–Crippen MR) is 56.3 cm³/mol. The summed E-state index contributed by atoms with van der Waals surface area (Å²) in [5, 5.41) is 15.1. The molecule has 0 saturated carbocycles. The highest BCUT2D eigenvalue weighted by molar-refractivity contribution is 5.92. The Bertz CT molecular complexity index is 318. The monoisotopic (exact) mass is 212 g/mol. The Morgan fingerprint density at radius 3 is 2.87 bits per heavy atom. The number of anilines is 1. The van der Waals surface area contributed by atoms with Gasteiger partial charge in [-0.25, -0.2) is 0 Å². The summed E-state index contributed by atoms with van der Waals surface area (Å²) in [5.74, 6) is 0.105. The SMILES string of the molecule is CCCN(CCO)C(=O)c1cc(N)n[nH]1. The van der Waals surface area contributed by atoms with E-state index >= 15 is 0 Å². The fraction of sp³-hybridized carbons (Fsp3) is 0.556. The summed E-state index contributed by atoms with van der Waals surface area (Å²) in [6.07, 6.45) is 0.843. The number of aliphatic hydroxyl groups excluding tert-OH is 1. The summed E-state index contributed by atoms with van der Waals surface area (Å²) in [6, 6.07) is 1.49. The highest BCUT2D eigenvalue weighted by Crippen LogP contribution is 2.05. The lowest BCUT2D eigenvalue weighted by molar-refractivity contribution is 0.0716. The molecule has 6 nitrogen and oxygen atoms in total. The van der Waals surface area contributed by atoms with Crippen molar-refractivity contribution in [2.75, 3.05) is 25.4 Å². The van der Waals surface area contributed by atoms with Crippen LogP contribution in [0.3, 0.4) is 0 Å². The van der Waals surface area contributed by atoms with Gasteiger partial charge < -0.3 is 15.7 Å². The molecule has 4 N–H and O–H groups in total. The number of rotatable bonds is 5. The lowest BCUT2D eigenvalue weighted by Gasteiger charge is -2.19. The minimum absolute atomic E-state index is 0.0463. The highest BCUT2D eigenvalue weighted by Gasteiger charge is 2.16. The Hall–Kier alpha value is -1.56. The van der Waals surface area contributed by atoms with Gasteiger partial charge in [0, 0.05) is 19.2 Å². The molecule has 0 unspecified atom stereocenters. The van der Waals surface area contributed by atoms with Crippen LogP contribution in [0.15, 0.2) is 6.07 Å². The molecule has 6 heteroatoms. The maximum Gasteiger partial charge on any atom is 0.272 e. The van der Waals surface area contributed by atoms with E-state index in [1.807, 2.05) is 6.92 Å². The van der Waals surface area contributed by atoms with Gasteiger partial charge in [-0.15, -0.1) is 0 Å². The molecule has 0 aromatic carbocycles. The van der Waals surface area contributed by atoms with Gasteiger partial charge in [-0.05, 0) is 6.42 Å². The van der Waals surface area contributed by atoms with Crippen LogP contribution in [-0.2, 0) is 0 Å². The summed E-state index contributed by atoms with van der Waals surface area (Å²) < 4.78 is 0. The Morgan fingerprint density at radius 1 is 1.67 bits per heavy atom. The number of carbonyl (C=O) groups is 1. The first-order valence-electron chi connectivity index (χ1n) is 4.90. The minimum Gasteiger partial charge on any atom is -0.395 e. The van der Waals surface area contributed by atoms with Gasteiger partial charge in [0.1, 0.15) is 11.5 Å². The zero-order chi connectivity index (χ0) is 11.3. The Labute approximate surface area is 88.1 Å². The van der Waals surface area contributed by atoms with Gasteiger partial charge in [0.25, 0.3) is 5.91 Å². The zero-order valence-electron chi connectivity index (χ0n) is 8.73. The first-order valence-corrected chi connectivity index (χ1v) is 4.90. The van der Waals surface area contributed by atoms with Gasteiger partial charge in [0.2, 0.25) is 0 Å². The lowest BCUT2D eigenvalue weighted by atomic mass is 10.3. The fourth-order valence-electron chi connectivity index (χ4n) is 1.32. The van der Waals surface area contributed by atoms with Crippen LogP contribution < -0.4 is 5.73 Å². The second kappa shape index (κ2) is 5.35. The number of nitrogen functional groups attached to an aromatic ring is 1. The molecular formula is C9H16N4O2. The van der Waals surface area contributed by atoms with E-state index < -0.39 is 0 Å². The zero-order valence-corrected chi connectivity index (χ0v) is 8.73. The quantitative estimate of drug-likeness (QED) is 0.631. The molecule has 1 aromatic rings. The fourth-order valence-corrected chi connectivity index (χ4v) is 1.32. The molecular weight excluding hydrogens is 196 g/mol. The van der Waals surface area contributed by atoms with Crippen LogP contribution in [0.1, 0.15) is 23.8 Å². The van der Waals surface area contributed by atoms with Crippen LogP contribution in [0.2, 0.25) is 0 Å². The van der Waals surface area contributed by atoms with Gasteiger partial charge in [-0.3, -0.25) is 9.89 Å². The first kappa shape index (κ1) is 11.5. The van der Waals surface area contributed by atoms with E-state index in [9.17, 15) is 4.79 Å². The maximum absolute atomic E-state index is 11.8. The van der Waals surface area contributed by atoms with Gasteiger partial charge in [0.15, 0.2) is 0 Å². The molecule has 1 rings (SSSR count). The van der Waals surface area contributed by atoms with Crippen molar-refractivity contribution in [1.29, 1.82) is 0 Å². The van der Waals surface area contributed by atoms with E-state index in [4.69, 9.17) is 10.8 Å². The molecule has 0 atom stereocenters. The van der Waals surface area contributed by atoms with Crippen molar-refractivity contribution in [3.63, 3.8) is 0 Å². The molecule has 0 fully saturated rings. The number of H-pyrrole nitrogens is 1. The van der Waals surface area contributed by atoms with Crippen molar-refractivity contribution in [2.45, 2.75) is 13.3 Å². The molecule has 0 spiro atoms. The van der Waals surface area contributed by atoms with E-state index in [-0.39, 0.29) is 12.5 Å². The van der Waals surface area contributed by atoms with Crippen molar-refractivity contribution >= 4 is 11.7 Å². The summed E-state index contributed by atoms with van der Waals surface area (Å²) in [5.41, 5.74) is 5.76. The predicted octanol–water partition coefficient (Wildman–Crippen LogP) is -0.164. The number of aromatic nitrogens is 2. The number of carbonyl (C=O) groups excluding carboxylic acids is 1. The number of hydrogen-bond donors (Lipinski definition) is 3. The molecule has 0 aliphatic carbocycles. The van der Waals surface area contributed by atoms with Gasteiger partial charge >= 0.3 is 0 Å². The number of nitrogens with one attached hydrogen (secondary N) is 1. The van der Waals surface area contributed by atoms with Crippen LogP contribution >= 0.6 is 0 Å². The summed E-state index contributed by atoms with van der Waals surface area (Å²) in [7, 11) is 0. The second-order valence-electron chi connectivity index (χ2n) is 3.22. The smallest absolute Gasteiger partial charge is 0.272 e. The first-order chi connectivity index (χ1) is 7.19. The Balaban J connectivity index is 2.71. The van der Waals surface area contributed by atoms with Crippen molar-refractivity contribution in [3.05, 3.63) is 11.8 Å². The molecule has 1 heterocycles. The summed E-state index contributed by atoms with van der Waals surface area (Å²) in [6.45, 7) is 2.86. The highest BCUT2D eigenvalue weighted by atomic mass is 16.3. The number of nitrogens with zero attached hydrogens (tertiary/aromatic N) is 2. The number of aromatic amines is 1. The molecule has 84 valence electrons. The van der Waals surface area contributed by atoms with Gasteiger partial charge in [-0.1, -0.05) is 6.92 Å². The minimum atomic E-state index is -0.185. The van der Waals surface area contributed by atoms with Crippen molar-refractivity contribution in [2.24, 2.45) is 0 Å². The van der Waals surface area contributed by atoms with Gasteiger partial charge in [0.05, 0.1) is 6.61 Å². The lowest BCUT2D eigenvalue weighted by Crippen LogP contribution is -2.34. The van der Waals surface area contributed by atoms with Crippen LogP contribution in [-0.4, -0.2) is 45.8 Å². The second-order valence-corrected chi connectivity index (χ2v) is 3.22. The molecule has 0 radical (unpaired) electrons. The van der Waals surface area contributed by atoms with Crippen LogP contribution in [0.25, 0.3) is 0 Å². The van der Waals surface area contributed by atoms with Crippen LogP contribution in [0.4, 0.5) is 5.82 Å². The topological polar surface area (TPSA) is 95.2 Å². The Morgan fingerprint density at radius 2 is 2.40 bits per heavy atom. The van der Waals surface area contributed by atoms with E-state index in [0.717, 1.165) is 6.42 Å². The van der Waals surface area contributed by atoms with Crippen LogP contribution in [0.5, 0.6) is 0 Å². The maximum atomic E-state index is 11.8. The molecule has 0 aliphatic heterocycles. The standard InChI is InChI=1S/C9H16N4O2/c1-2-3-13(4-5-14)9(15)7-6-8(10)12-11-7/h6,14H,2-5H2,1H3,(H3,10,11,12). The average Bonchev–Trinajstić information content (AvgIpc) is 2.63. The number of hydrogen-bond acceptors (Lipinski definition) is 4. The summed E-state index contributed by atoms with van der Waals surface area (Å²) in [4.78, 5) is 13.4. The third-order valence-electron chi connectivity index (χ3n) is 1.98. The van der Waals surface area contributed by atoms with E-state index in [1.165, 1.54) is 6.07 Å².